The molecule has 0 fully saturated rings. The average molecular weight is 279 g/mol. The molecule has 0 aliphatic carbocycles. The van der Waals surface area contributed by atoms with Gasteiger partial charge < -0.3 is 5.11 Å². The van der Waals surface area contributed by atoms with Gasteiger partial charge in [-0.1, -0.05) is 0 Å². The van der Waals surface area contributed by atoms with Crippen molar-refractivity contribution < 1.29 is 9.90 Å². The normalized spacial score (nSPS) is 10.7. The summed E-state index contributed by atoms with van der Waals surface area (Å²) < 4.78 is 1.24. The summed E-state index contributed by atoms with van der Waals surface area (Å²) in [7, 11) is 1.57. The predicted molar refractivity (Wildman–Crippen MR) is 71.8 cm³/mol. The number of carboxylic acids is 1. The Labute approximate surface area is 113 Å². The highest BCUT2D eigenvalue weighted by atomic mass is 32.1. The first kappa shape index (κ1) is 13.4. The lowest BCUT2D eigenvalue weighted by Gasteiger charge is -2.07. The van der Waals surface area contributed by atoms with Crippen molar-refractivity contribution in [2.24, 2.45) is 7.05 Å². The molecule has 6 nitrogen and oxygen atoms in total. The highest BCUT2D eigenvalue weighted by molar-refractivity contribution is 7.17. The van der Waals surface area contributed by atoms with Gasteiger partial charge in [0.2, 0.25) is 0 Å². The minimum absolute atomic E-state index is 0.158. The number of aromatic nitrogens is 3. The van der Waals surface area contributed by atoms with Crippen molar-refractivity contribution in [1.82, 2.24) is 14.8 Å². The van der Waals surface area contributed by atoms with E-state index in [0.717, 1.165) is 22.6 Å². The topological polar surface area (TPSA) is 85.1 Å². The van der Waals surface area contributed by atoms with Gasteiger partial charge >= 0.3 is 5.97 Å². The van der Waals surface area contributed by atoms with Crippen LogP contribution >= 0.6 is 11.3 Å². The van der Waals surface area contributed by atoms with Crippen molar-refractivity contribution >= 4 is 17.3 Å². The van der Waals surface area contributed by atoms with Gasteiger partial charge in [-0.2, -0.15) is 5.10 Å². The van der Waals surface area contributed by atoms with Crippen LogP contribution < -0.4 is 5.56 Å². The highest BCUT2D eigenvalue weighted by Crippen LogP contribution is 2.28. The van der Waals surface area contributed by atoms with E-state index in [2.05, 4.69) is 10.1 Å². The van der Waals surface area contributed by atoms with E-state index in [4.69, 9.17) is 5.11 Å². The monoisotopic (exact) mass is 279 g/mol. The lowest BCUT2D eigenvalue weighted by atomic mass is 10.1. The Morgan fingerprint density at radius 2 is 1.89 bits per heavy atom. The Morgan fingerprint density at radius 3 is 2.42 bits per heavy atom. The number of rotatable bonds is 2. The van der Waals surface area contributed by atoms with Gasteiger partial charge in [-0.15, -0.1) is 11.3 Å². The molecule has 0 atom stereocenters. The average Bonchev–Trinajstić information content (AvgIpc) is 2.69. The molecular weight excluding hydrogens is 266 g/mol. The fraction of sp³-hybridized carbons (Fsp3) is 0.333. The summed E-state index contributed by atoms with van der Waals surface area (Å²) in [4.78, 5) is 27.6. The van der Waals surface area contributed by atoms with Crippen molar-refractivity contribution in [2.75, 3.05) is 0 Å². The maximum absolute atomic E-state index is 12.2. The molecule has 2 aromatic rings. The fourth-order valence-electron chi connectivity index (χ4n) is 1.80. The summed E-state index contributed by atoms with van der Waals surface area (Å²) in [6.45, 7) is 5.21. The molecule has 2 aromatic heterocycles. The van der Waals surface area contributed by atoms with Crippen LogP contribution in [-0.2, 0) is 7.05 Å². The van der Waals surface area contributed by atoms with Crippen LogP contribution in [0.2, 0.25) is 0 Å². The van der Waals surface area contributed by atoms with Crippen LogP contribution in [0, 0.1) is 20.8 Å². The minimum atomic E-state index is -1.03. The maximum Gasteiger partial charge on any atom is 0.347 e. The molecule has 2 heterocycles. The fourth-order valence-corrected chi connectivity index (χ4v) is 2.80. The third-order valence-electron chi connectivity index (χ3n) is 2.93. The Kier molecular flexibility index (Phi) is 3.23. The number of carbonyl (C=O) groups is 1. The lowest BCUT2D eigenvalue weighted by Crippen LogP contribution is -2.23. The summed E-state index contributed by atoms with van der Waals surface area (Å²) in [6, 6.07) is 0. The SMILES string of the molecule is Cc1nc(-c2c(C)c(C)nn(C)c2=O)sc1C(=O)O. The van der Waals surface area contributed by atoms with Gasteiger partial charge in [-0.05, 0) is 26.3 Å². The molecule has 0 amide bonds. The molecule has 0 bridgehead atoms. The Bertz CT molecular complexity index is 731. The third kappa shape index (κ3) is 2.17. The molecular formula is C12H13N3O3S. The first-order valence-electron chi connectivity index (χ1n) is 5.58. The van der Waals surface area contributed by atoms with Gasteiger partial charge in [0.1, 0.15) is 9.88 Å². The molecule has 0 saturated heterocycles. The molecule has 7 heteroatoms. The van der Waals surface area contributed by atoms with E-state index in [-0.39, 0.29) is 10.4 Å². The maximum atomic E-state index is 12.2. The highest BCUT2D eigenvalue weighted by Gasteiger charge is 2.20. The summed E-state index contributed by atoms with van der Waals surface area (Å²) in [6.07, 6.45) is 0. The van der Waals surface area contributed by atoms with E-state index in [0.29, 0.717) is 16.3 Å². The largest absolute Gasteiger partial charge is 0.477 e. The van der Waals surface area contributed by atoms with Crippen LogP contribution in [0.15, 0.2) is 4.79 Å². The van der Waals surface area contributed by atoms with Crippen molar-refractivity contribution in [3.8, 4) is 10.6 Å². The standard InChI is InChI=1S/C12H13N3O3S/c1-5-6(2)14-15(4)11(16)8(5)10-13-7(3)9(19-10)12(17)18/h1-4H3,(H,17,18). The molecule has 19 heavy (non-hydrogen) atoms. The van der Waals surface area contributed by atoms with Gasteiger partial charge in [-0.3, -0.25) is 4.79 Å². The van der Waals surface area contributed by atoms with Gasteiger partial charge in [0.25, 0.3) is 5.56 Å². The predicted octanol–water partition coefficient (Wildman–Crippen LogP) is 1.53. The van der Waals surface area contributed by atoms with Crippen LogP contribution in [0.25, 0.3) is 10.6 Å². The Morgan fingerprint density at radius 1 is 1.26 bits per heavy atom. The molecule has 100 valence electrons. The third-order valence-corrected chi connectivity index (χ3v) is 4.09. The van der Waals surface area contributed by atoms with Crippen LogP contribution in [0.5, 0.6) is 0 Å². The first-order valence-corrected chi connectivity index (χ1v) is 6.40. The van der Waals surface area contributed by atoms with Gasteiger partial charge in [0.05, 0.1) is 17.0 Å². The molecule has 0 aromatic carbocycles. The second kappa shape index (κ2) is 4.58. The number of hydrogen-bond donors (Lipinski definition) is 1. The Hall–Kier alpha value is -2.02. The van der Waals surface area contributed by atoms with E-state index < -0.39 is 5.97 Å². The number of thiazole rings is 1. The zero-order chi connectivity index (χ0) is 14.3. The summed E-state index contributed by atoms with van der Waals surface area (Å²) in [5.74, 6) is -1.03. The van der Waals surface area contributed by atoms with Crippen molar-refractivity contribution in [3.63, 3.8) is 0 Å². The van der Waals surface area contributed by atoms with Crippen LogP contribution in [0.4, 0.5) is 0 Å². The van der Waals surface area contributed by atoms with E-state index >= 15 is 0 Å². The van der Waals surface area contributed by atoms with Gasteiger partial charge in [0.15, 0.2) is 0 Å². The van der Waals surface area contributed by atoms with Gasteiger partial charge in [-0.25, -0.2) is 14.5 Å². The summed E-state index contributed by atoms with van der Waals surface area (Å²) in [5.41, 5.74) is 2.03. The number of carboxylic acid groups (broad SMARTS) is 1. The zero-order valence-electron chi connectivity index (χ0n) is 11.0. The molecule has 0 radical (unpaired) electrons. The second-order valence-electron chi connectivity index (χ2n) is 4.25. The molecule has 1 N–H and O–H groups in total. The van der Waals surface area contributed by atoms with Crippen LogP contribution in [0.3, 0.4) is 0 Å². The first-order chi connectivity index (χ1) is 8.82. The number of aromatic carboxylic acids is 1. The second-order valence-corrected chi connectivity index (χ2v) is 5.25. The van der Waals surface area contributed by atoms with Crippen LogP contribution in [0.1, 0.15) is 26.6 Å². The smallest absolute Gasteiger partial charge is 0.347 e. The van der Waals surface area contributed by atoms with Crippen molar-refractivity contribution in [2.45, 2.75) is 20.8 Å². The number of hydrogen-bond acceptors (Lipinski definition) is 5. The summed E-state index contributed by atoms with van der Waals surface area (Å²) >= 11 is 1.01. The van der Waals surface area contributed by atoms with E-state index in [1.54, 1.807) is 27.8 Å². The molecule has 2 rings (SSSR count). The minimum Gasteiger partial charge on any atom is -0.477 e. The van der Waals surface area contributed by atoms with Crippen molar-refractivity contribution in [1.29, 1.82) is 0 Å². The van der Waals surface area contributed by atoms with E-state index in [9.17, 15) is 9.59 Å². The van der Waals surface area contributed by atoms with Gasteiger partial charge in [0, 0.05) is 7.05 Å². The number of nitrogens with zero attached hydrogens (tertiary/aromatic N) is 3. The summed E-state index contributed by atoms with van der Waals surface area (Å²) in [5, 5.41) is 13.6. The quantitative estimate of drug-likeness (QED) is 0.901. The molecule has 0 aliphatic heterocycles. The van der Waals surface area contributed by atoms with Crippen molar-refractivity contribution in [3.05, 3.63) is 32.2 Å². The van der Waals surface area contributed by atoms with E-state index in [1.165, 1.54) is 4.68 Å². The molecule has 0 saturated carbocycles. The lowest BCUT2D eigenvalue weighted by molar-refractivity contribution is 0.0701. The number of aryl methyl sites for hydroxylation is 3. The Balaban J connectivity index is 2.76. The molecule has 0 unspecified atom stereocenters. The molecule has 0 spiro atoms. The molecule has 0 aliphatic rings. The van der Waals surface area contributed by atoms with Crippen LogP contribution in [-0.4, -0.2) is 25.8 Å². The zero-order valence-corrected chi connectivity index (χ0v) is 11.8. The van der Waals surface area contributed by atoms with E-state index in [1.807, 2.05) is 0 Å².